The van der Waals surface area contributed by atoms with Crippen LogP contribution in [0.3, 0.4) is 0 Å². The molecule has 0 aromatic heterocycles. The number of nitrogens with one attached hydrogen (secondary N) is 2. The molecule has 0 spiro atoms. The van der Waals surface area contributed by atoms with Crippen molar-refractivity contribution in [1.82, 2.24) is 10.6 Å². The van der Waals surface area contributed by atoms with E-state index in [9.17, 15) is 18.8 Å². The zero-order chi connectivity index (χ0) is 24.7. The summed E-state index contributed by atoms with van der Waals surface area (Å²) in [5.41, 5.74) is 1.57. The summed E-state index contributed by atoms with van der Waals surface area (Å²) in [6.07, 6.45) is 0.129. The fourth-order valence-electron chi connectivity index (χ4n) is 3.56. The first-order chi connectivity index (χ1) is 16.2. The molecule has 2 N–H and O–H groups in total. The van der Waals surface area contributed by atoms with E-state index in [4.69, 9.17) is 9.47 Å². The molecule has 2 amide bonds. The number of rotatable bonds is 9. The molecular formula is C25H29FN2O5S. The van der Waals surface area contributed by atoms with Crippen LogP contribution >= 0.6 is 11.8 Å². The van der Waals surface area contributed by atoms with Crippen molar-refractivity contribution in [2.24, 2.45) is 0 Å². The molecule has 1 aliphatic rings. The number of carbonyl (C=O) groups excluding carboxylic acids is 3. The number of esters is 1. The van der Waals surface area contributed by atoms with Gasteiger partial charge < -0.3 is 20.1 Å². The summed E-state index contributed by atoms with van der Waals surface area (Å²) in [6, 6.07) is 11.7. The van der Waals surface area contributed by atoms with Crippen molar-refractivity contribution >= 4 is 29.5 Å². The lowest BCUT2D eigenvalue weighted by Gasteiger charge is -2.29. The Morgan fingerprint density at radius 1 is 1.15 bits per heavy atom. The highest BCUT2D eigenvalue weighted by Crippen LogP contribution is 2.25. The lowest BCUT2D eigenvalue weighted by Crippen LogP contribution is -2.55. The van der Waals surface area contributed by atoms with Crippen molar-refractivity contribution in [3.63, 3.8) is 0 Å². The number of methoxy groups -OCH3 is 1. The third kappa shape index (κ3) is 7.21. The average Bonchev–Trinajstić information content (AvgIpc) is 2.80. The molecule has 1 aliphatic heterocycles. The molecule has 2 aromatic carbocycles. The van der Waals surface area contributed by atoms with Crippen LogP contribution in [0.5, 0.6) is 5.75 Å². The minimum Gasteiger partial charge on any atom is -0.497 e. The molecule has 0 radical (unpaired) electrons. The maximum atomic E-state index is 13.1. The average molecular weight is 489 g/mol. The van der Waals surface area contributed by atoms with E-state index < -0.39 is 18.1 Å². The first-order valence-electron chi connectivity index (χ1n) is 11.1. The van der Waals surface area contributed by atoms with Crippen LogP contribution in [-0.4, -0.2) is 48.0 Å². The van der Waals surface area contributed by atoms with Crippen molar-refractivity contribution < 1.29 is 28.2 Å². The van der Waals surface area contributed by atoms with E-state index in [1.807, 2.05) is 0 Å². The second kappa shape index (κ2) is 11.9. The van der Waals surface area contributed by atoms with Crippen LogP contribution in [0.15, 0.2) is 48.5 Å². The van der Waals surface area contributed by atoms with Crippen molar-refractivity contribution in [3.8, 4) is 5.75 Å². The Morgan fingerprint density at radius 2 is 1.82 bits per heavy atom. The van der Waals surface area contributed by atoms with Gasteiger partial charge in [-0.15, -0.1) is 11.8 Å². The summed E-state index contributed by atoms with van der Waals surface area (Å²) in [6.45, 7) is 3.52. The van der Waals surface area contributed by atoms with Gasteiger partial charge in [-0.1, -0.05) is 24.3 Å². The van der Waals surface area contributed by atoms with Gasteiger partial charge in [-0.2, -0.15) is 0 Å². The molecule has 0 bridgehead atoms. The van der Waals surface area contributed by atoms with E-state index in [0.717, 1.165) is 11.1 Å². The van der Waals surface area contributed by atoms with Gasteiger partial charge in [-0.05, 0) is 55.7 Å². The second-order valence-electron chi connectivity index (χ2n) is 8.29. The van der Waals surface area contributed by atoms with Gasteiger partial charge in [0.05, 0.1) is 30.9 Å². The molecule has 34 heavy (non-hydrogen) atoms. The molecule has 1 heterocycles. The largest absolute Gasteiger partial charge is 0.497 e. The number of halogens is 1. The first kappa shape index (κ1) is 25.6. The Kier molecular flexibility index (Phi) is 8.92. The van der Waals surface area contributed by atoms with Crippen LogP contribution in [0.1, 0.15) is 37.4 Å². The Hall–Kier alpha value is -3.07. The van der Waals surface area contributed by atoms with Crippen molar-refractivity contribution in [2.75, 3.05) is 12.9 Å². The predicted molar refractivity (Wildman–Crippen MR) is 128 cm³/mol. The zero-order valence-electron chi connectivity index (χ0n) is 19.4. The summed E-state index contributed by atoms with van der Waals surface area (Å²) in [5.74, 6) is -0.348. The molecule has 3 atom stereocenters. The number of hydrogen-bond donors (Lipinski definition) is 2. The SMILES string of the molecule is COc1ccc(C(CC(=O)OC(C)C)NC(=O)C2CSC(Cc3ccc(F)cc3)C(=O)N2)cc1. The lowest BCUT2D eigenvalue weighted by atomic mass is 10.0. The van der Waals surface area contributed by atoms with Crippen LogP contribution in [0.25, 0.3) is 0 Å². The normalized spacial score (nSPS) is 18.7. The highest BCUT2D eigenvalue weighted by Gasteiger charge is 2.33. The molecule has 1 fully saturated rings. The molecule has 2 aromatic rings. The van der Waals surface area contributed by atoms with E-state index in [-0.39, 0.29) is 35.4 Å². The number of ether oxygens (including phenoxy) is 2. The van der Waals surface area contributed by atoms with Crippen LogP contribution in [-0.2, 0) is 25.5 Å². The van der Waals surface area contributed by atoms with Gasteiger partial charge in [-0.3, -0.25) is 14.4 Å². The zero-order valence-corrected chi connectivity index (χ0v) is 20.2. The van der Waals surface area contributed by atoms with Crippen LogP contribution < -0.4 is 15.4 Å². The topological polar surface area (TPSA) is 93.7 Å². The van der Waals surface area contributed by atoms with Gasteiger partial charge in [0, 0.05) is 5.75 Å². The van der Waals surface area contributed by atoms with Gasteiger partial charge >= 0.3 is 5.97 Å². The third-order valence-corrected chi connectivity index (χ3v) is 6.61. The monoisotopic (exact) mass is 488 g/mol. The van der Waals surface area contributed by atoms with E-state index in [2.05, 4.69) is 10.6 Å². The fourth-order valence-corrected chi connectivity index (χ4v) is 4.75. The summed E-state index contributed by atoms with van der Waals surface area (Å²) in [5, 5.41) is 5.29. The van der Waals surface area contributed by atoms with Gasteiger partial charge in [0.25, 0.3) is 0 Å². The second-order valence-corrected chi connectivity index (χ2v) is 9.53. The molecule has 0 aliphatic carbocycles. The Labute approximate surface area is 202 Å². The van der Waals surface area contributed by atoms with Gasteiger partial charge in [0.15, 0.2) is 0 Å². The number of thioether (sulfide) groups is 1. The Morgan fingerprint density at radius 3 is 2.41 bits per heavy atom. The van der Waals surface area contributed by atoms with E-state index >= 15 is 0 Å². The van der Waals surface area contributed by atoms with Crippen LogP contribution in [0, 0.1) is 5.82 Å². The van der Waals surface area contributed by atoms with Gasteiger partial charge in [0.2, 0.25) is 11.8 Å². The van der Waals surface area contributed by atoms with Gasteiger partial charge in [0.1, 0.15) is 17.6 Å². The van der Waals surface area contributed by atoms with Crippen LogP contribution in [0.4, 0.5) is 4.39 Å². The number of benzene rings is 2. The number of hydrogen-bond acceptors (Lipinski definition) is 6. The molecule has 3 rings (SSSR count). The fraction of sp³-hybridized carbons (Fsp3) is 0.400. The molecule has 3 unspecified atom stereocenters. The number of carbonyl (C=O) groups is 3. The lowest BCUT2D eigenvalue weighted by molar-refractivity contribution is -0.148. The Balaban J connectivity index is 1.64. The molecule has 1 saturated heterocycles. The molecule has 182 valence electrons. The van der Waals surface area contributed by atoms with Crippen molar-refractivity contribution in [1.29, 1.82) is 0 Å². The maximum absolute atomic E-state index is 13.1. The Bertz CT molecular complexity index is 997. The quantitative estimate of drug-likeness (QED) is 0.527. The summed E-state index contributed by atoms with van der Waals surface area (Å²) in [4.78, 5) is 37.9. The maximum Gasteiger partial charge on any atom is 0.308 e. The highest BCUT2D eigenvalue weighted by atomic mass is 32.2. The van der Waals surface area contributed by atoms with E-state index in [0.29, 0.717) is 17.9 Å². The van der Waals surface area contributed by atoms with Gasteiger partial charge in [-0.25, -0.2) is 4.39 Å². The van der Waals surface area contributed by atoms with E-state index in [1.54, 1.807) is 57.4 Å². The minimum absolute atomic E-state index is 0.0444. The summed E-state index contributed by atoms with van der Waals surface area (Å²) < 4.78 is 23.6. The van der Waals surface area contributed by atoms with Crippen LogP contribution in [0.2, 0.25) is 0 Å². The smallest absolute Gasteiger partial charge is 0.308 e. The van der Waals surface area contributed by atoms with Crippen molar-refractivity contribution in [2.45, 2.75) is 50.1 Å². The molecule has 9 heteroatoms. The highest BCUT2D eigenvalue weighted by molar-refractivity contribution is 8.00. The molecule has 7 nitrogen and oxygen atoms in total. The summed E-state index contributed by atoms with van der Waals surface area (Å²) >= 11 is 1.38. The minimum atomic E-state index is -0.733. The third-order valence-electron chi connectivity index (χ3n) is 5.30. The number of amides is 2. The standard InChI is InChI=1S/C25H29FN2O5S/c1-15(2)33-23(29)13-20(17-6-10-19(32-3)11-7-17)27-24(30)21-14-34-22(25(31)28-21)12-16-4-8-18(26)9-5-16/h4-11,15,20-22H,12-14H2,1-3H3,(H,27,30)(H,28,31). The van der Waals surface area contributed by atoms with E-state index in [1.165, 1.54) is 23.9 Å². The first-order valence-corrected chi connectivity index (χ1v) is 12.1. The summed E-state index contributed by atoms with van der Waals surface area (Å²) in [7, 11) is 1.56. The van der Waals surface area contributed by atoms with Crippen molar-refractivity contribution in [3.05, 3.63) is 65.5 Å². The molecule has 0 saturated carbocycles. The molecular weight excluding hydrogens is 459 g/mol. The predicted octanol–water partition coefficient (Wildman–Crippen LogP) is 3.18.